The summed E-state index contributed by atoms with van der Waals surface area (Å²) in [7, 11) is 0. The Morgan fingerprint density at radius 1 is 1.29 bits per heavy atom. The van der Waals surface area contributed by atoms with Crippen molar-refractivity contribution in [2.45, 2.75) is 12.3 Å². The summed E-state index contributed by atoms with van der Waals surface area (Å²) < 4.78 is 14.8. The predicted molar refractivity (Wildman–Crippen MR) is 69.1 cm³/mol. The van der Waals surface area contributed by atoms with E-state index < -0.39 is 17.7 Å². The van der Waals surface area contributed by atoms with Gasteiger partial charge in [-0.25, -0.2) is 4.39 Å². The van der Waals surface area contributed by atoms with Crippen molar-refractivity contribution in [3.8, 4) is 0 Å². The van der Waals surface area contributed by atoms with E-state index in [2.05, 4.69) is 20.6 Å². The fourth-order valence-corrected chi connectivity index (χ4v) is 2.05. The van der Waals surface area contributed by atoms with Crippen LogP contribution in [0.5, 0.6) is 0 Å². The molecule has 3 aromatic rings. The van der Waals surface area contributed by atoms with Gasteiger partial charge in [-0.05, 0) is 40.6 Å². The number of hydrogen-bond acceptors (Lipinski definition) is 5. The minimum Gasteiger partial charge on any atom is -0.481 e. The summed E-state index contributed by atoms with van der Waals surface area (Å²) in [6.07, 6.45) is 0.00262. The molecule has 0 aliphatic carbocycles. The van der Waals surface area contributed by atoms with E-state index >= 15 is 0 Å². The summed E-state index contributed by atoms with van der Waals surface area (Å²) in [6.45, 7) is 0. The molecule has 0 bridgehead atoms. The molecular formula is C13H10FN5O2. The van der Waals surface area contributed by atoms with Crippen molar-refractivity contribution in [2.75, 3.05) is 0 Å². The van der Waals surface area contributed by atoms with Gasteiger partial charge in [0, 0.05) is 0 Å². The SMILES string of the molecule is O=C(O)C(Cc1ccccc1F)c1ccc2nnnn2n1. The Kier molecular flexibility index (Phi) is 3.27. The van der Waals surface area contributed by atoms with Crippen LogP contribution in [0.2, 0.25) is 0 Å². The summed E-state index contributed by atoms with van der Waals surface area (Å²) in [6, 6.07) is 9.17. The smallest absolute Gasteiger partial charge is 0.313 e. The van der Waals surface area contributed by atoms with Crippen LogP contribution in [0.3, 0.4) is 0 Å². The quantitative estimate of drug-likeness (QED) is 0.771. The van der Waals surface area contributed by atoms with Crippen LogP contribution in [-0.2, 0) is 11.2 Å². The summed E-state index contributed by atoms with van der Waals surface area (Å²) >= 11 is 0. The van der Waals surface area contributed by atoms with Crippen molar-refractivity contribution < 1.29 is 14.3 Å². The Labute approximate surface area is 118 Å². The third kappa shape index (κ3) is 2.55. The molecular weight excluding hydrogens is 277 g/mol. The van der Waals surface area contributed by atoms with Gasteiger partial charge in [-0.2, -0.15) is 5.10 Å². The third-order valence-corrected chi connectivity index (χ3v) is 3.13. The Bertz CT molecular complexity index is 804. The first-order chi connectivity index (χ1) is 10.1. The standard InChI is InChI=1S/C13H10FN5O2/c14-10-4-2-1-3-8(10)7-9(13(20)21)11-5-6-12-15-17-18-19(12)16-11/h1-6,9H,7H2,(H,20,21). The van der Waals surface area contributed by atoms with E-state index in [1.54, 1.807) is 24.3 Å². The van der Waals surface area contributed by atoms with Crippen LogP contribution in [0, 0.1) is 5.82 Å². The lowest BCUT2D eigenvalue weighted by molar-refractivity contribution is -0.138. The number of fused-ring (bicyclic) bond motifs is 1. The number of nitrogens with zero attached hydrogens (tertiary/aromatic N) is 5. The van der Waals surface area contributed by atoms with Crippen LogP contribution < -0.4 is 0 Å². The van der Waals surface area contributed by atoms with Crippen LogP contribution in [0.25, 0.3) is 5.65 Å². The van der Waals surface area contributed by atoms with E-state index in [-0.39, 0.29) is 12.1 Å². The number of carboxylic acid groups (broad SMARTS) is 1. The summed E-state index contributed by atoms with van der Waals surface area (Å²) in [5.74, 6) is -2.50. The molecule has 0 aliphatic rings. The van der Waals surface area contributed by atoms with E-state index in [0.29, 0.717) is 11.2 Å². The molecule has 106 valence electrons. The van der Waals surface area contributed by atoms with Gasteiger partial charge in [-0.1, -0.05) is 18.2 Å². The first-order valence-corrected chi connectivity index (χ1v) is 6.16. The zero-order valence-corrected chi connectivity index (χ0v) is 10.7. The molecule has 2 heterocycles. The zero-order chi connectivity index (χ0) is 14.8. The van der Waals surface area contributed by atoms with Crippen LogP contribution in [-0.4, -0.2) is 36.3 Å². The summed E-state index contributed by atoms with van der Waals surface area (Å²) in [4.78, 5) is 11.5. The number of rotatable bonds is 4. The molecule has 1 atom stereocenters. The molecule has 1 aromatic carbocycles. The second-order valence-electron chi connectivity index (χ2n) is 4.47. The number of aromatic nitrogens is 5. The molecule has 7 nitrogen and oxygen atoms in total. The molecule has 1 N–H and O–H groups in total. The monoisotopic (exact) mass is 287 g/mol. The van der Waals surface area contributed by atoms with Crippen molar-refractivity contribution in [3.05, 3.63) is 53.5 Å². The van der Waals surface area contributed by atoms with E-state index in [1.807, 2.05) is 0 Å². The maximum Gasteiger partial charge on any atom is 0.313 e. The molecule has 0 amide bonds. The molecule has 1 unspecified atom stereocenters. The van der Waals surface area contributed by atoms with Gasteiger partial charge in [0.25, 0.3) is 0 Å². The highest BCUT2D eigenvalue weighted by atomic mass is 19.1. The van der Waals surface area contributed by atoms with Crippen molar-refractivity contribution in [2.24, 2.45) is 0 Å². The van der Waals surface area contributed by atoms with Crippen molar-refractivity contribution in [1.82, 2.24) is 25.3 Å². The molecule has 0 spiro atoms. The minimum absolute atomic E-state index is 0.00262. The Balaban J connectivity index is 1.97. The molecule has 0 radical (unpaired) electrons. The summed E-state index contributed by atoms with van der Waals surface area (Å²) in [5.41, 5.74) is 1.00. The normalized spacial score (nSPS) is 12.4. The second-order valence-corrected chi connectivity index (χ2v) is 4.47. The number of hydrogen-bond donors (Lipinski definition) is 1. The highest BCUT2D eigenvalue weighted by molar-refractivity contribution is 5.76. The Morgan fingerprint density at radius 3 is 2.86 bits per heavy atom. The Hall–Kier alpha value is -2.90. The van der Waals surface area contributed by atoms with E-state index in [0.717, 1.165) is 4.63 Å². The molecule has 3 rings (SSSR count). The number of benzene rings is 1. The van der Waals surface area contributed by atoms with Gasteiger partial charge in [0.1, 0.15) is 11.7 Å². The van der Waals surface area contributed by atoms with Gasteiger partial charge in [0.15, 0.2) is 5.65 Å². The Morgan fingerprint density at radius 2 is 2.10 bits per heavy atom. The highest BCUT2D eigenvalue weighted by Gasteiger charge is 2.24. The lowest BCUT2D eigenvalue weighted by atomic mass is 9.96. The lowest BCUT2D eigenvalue weighted by Crippen LogP contribution is -2.18. The third-order valence-electron chi connectivity index (χ3n) is 3.13. The minimum atomic E-state index is -1.09. The van der Waals surface area contributed by atoms with Crippen LogP contribution in [0.15, 0.2) is 36.4 Å². The second kappa shape index (κ2) is 5.23. The van der Waals surface area contributed by atoms with Crippen LogP contribution in [0.1, 0.15) is 17.2 Å². The number of aliphatic carboxylic acids is 1. The first kappa shape index (κ1) is 13.1. The largest absolute Gasteiger partial charge is 0.481 e. The van der Waals surface area contributed by atoms with Crippen molar-refractivity contribution in [1.29, 1.82) is 0 Å². The zero-order valence-electron chi connectivity index (χ0n) is 10.7. The van der Waals surface area contributed by atoms with E-state index in [9.17, 15) is 14.3 Å². The number of carboxylic acids is 1. The average molecular weight is 287 g/mol. The first-order valence-electron chi connectivity index (χ1n) is 6.16. The average Bonchev–Trinajstić information content (AvgIpc) is 2.93. The van der Waals surface area contributed by atoms with Gasteiger partial charge in [-0.15, -0.1) is 9.73 Å². The predicted octanol–water partition coefficient (Wildman–Crippen LogP) is 1.07. The van der Waals surface area contributed by atoms with E-state index in [1.165, 1.54) is 12.1 Å². The highest BCUT2D eigenvalue weighted by Crippen LogP contribution is 2.21. The van der Waals surface area contributed by atoms with Gasteiger partial charge in [0.2, 0.25) is 0 Å². The molecule has 0 saturated carbocycles. The van der Waals surface area contributed by atoms with Crippen molar-refractivity contribution >= 4 is 11.6 Å². The molecule has 2 aromatic heterocycles. The van der Waals surface area contributed by atoms with Crippen molar-refractivity contribution in [3.63, 3.8) is 0 Å². The topological polar surface area (TPSA) is 93.3 Å². The maximum atomic E-state index is 13.7. The van der Waals surface area contributed by atoms with E-state index in [4.69, 9.17) is 0 Å². The molecule has 0 fully saturated rings. The molecule has 21 heavy (non-hydrogen) atoms. The van der Waals surface area contributed by atoms with Crippen LogP contribution >= 0.6 is 0 Å². The molecule has 0 aliphatic heterocycles. The number of tetrazole rings is 1. The number of carbonyl (C=O) groups is 1. The van der Waals surface area contributed by atoms with Gasteiger partial charge < -0.3 is 5.11 Å². The molecule has 8 heteroatoms. The van der Waals surface area contributed by atoms with Gasteiger partial charge in [0.05, 0.1) is 5.69 Å². The fourth-order valence-electron chi connectivity index (χ4n) is 2.05. The van der Waals surface area contributed by atoms with Gasteiger partial charge in [-0.3, -0.25) is 4.79 Å². The maximum absolute atomic E-state index is 13.7. The summed E-state index contributed by atoms with van der Waals surface area (Å²) in [5, 5.41) is 24.2. The van der Waals surface area contributed by atoms with Crippen LogP contribution in [0.4, 0.5) is 4.39 Å². The van der Waals surface area contributed by atoms with Gasteiger partial charge >= 0.3 is 5.97 Å². The number of halogens is 1. The fraction of sp³-hybridized carbons (Fsp3) is 0.154. The lowest BCUT2D eigenvalue weighted by Gasteiger charge is -2.12. The molecule has 0 saturated heterocycles.